The normalized spacial score (nSPS) is 14.2. The summed E-state index contributed by atoms with van der Waals surface area (Å²) in [6, 6.07) is 12.1. The maximum absolute atomic E-state index is 15.5. The molecule has 36 nitrogen and oxygen atoms in total. The summed E-state index contributed by atoms with van der Waals surface area (Å²) in [4.78, 5) is 173. The minimum absolute atomic E-state index is 0.0563. The molecule has 0 spiro atoms. The van der Waals surface area contributed by atoms with Crippen molar-refractivity contribution in [3.63, 3.8) is 0 Å². The average molecular weight is 1600 g/mol. The van der Waals surface area contributed by atoms with Crippen molar-refractivity contribution in [1.82, 2.24) is 98.8 Å². The Labute approximate surface area is 663 Å². The van der Waals surface area contributed by atoms with Crippen LogP contribution in [0.1, 0.15) is 131 Å². The number of ether oxygens (including phenoxy) is 1. The van der Waals surface area contributed by atoms with E-state index in [1.165, 1.54) is 38.4 Å². The summed E-state index contributed by atoms with van der Waals surface area (Å²) in [5.41, 5.74) is 9.40. The summed E-state index contributed by atoms with van der Waals surface area (Å²) in [5, 5.41) is 77.9. The van der Waals surface area contributed by atoms with E-state index in [2.05, 4.69) is 94.1 Å². The number of tetrazole rings is 1. The van der Waals surface area contributed by atoms with Crippen LogP contribution in [0.15, 0.2) is 104 Å². The fourth-order valence-electron chi connectivity index (χ4n) is 12.4. The number of nitrogens with one attached hydrogen (secondary N) is 12. The minimum atomic E-state index is -2.35. The summed E-state index contributed by atoms with van der Waals surface area (Å²) in [5.74, 6) is -13.5. The second-order valence-electron chi connectivity index (χ2n) is 29.1. The first-order valence-corrected chi connectivity index (χ1v) is 37.6. The van der Waals surface area contributed by atoms with Gasteiger partial charge in [0.25, 0.3) is 0 Å². The van der Waals surface area contributed by atoms with E-state index < -0.39 is 168 Å². The summed E-state index contributed by atoms with van der Waals surface area (Å²) >= 11 is 0. The van der Waals surface area contributed by atoms with Gasteiger partial charge in [-0.1, -0.05) is 95.2 Å². The standard InChI is InChI=1S/C78H103FN20O16/c1-11-51-35-55(115-30-15-14-29-99-41-45(4)93-98-99)25-26-56(51)52-23-21-49(22-24-52)34-59(70(108)86-58(67(80)105)20-16-17-50-32-43(2)31-44(3)33-50)88-71(109)61(37-64(103)104)87-68(106)46(5)85-72(110)65(47(6)100)91-76(114)78(10,38-53-18-12-13-19-57(53)79)92-73(111)66(48(7)101)90-63(102)40-83-69(107)60(36-62-94-96-97-95-62)89-75(113)77(8,9)74(112)82-28-27-54-39-81-42-84-54/h12-13,18-19,21-26,31-33,35,39,41-42,46-48,58-61,65-66,100-101H,11,14-17,20,27-30,34,36-38,40H2,1-10H3,(H2,80,105)(H,81,84)(H,82,112)(H,83,107)(H,85,110)(H,86,108)(H,87,106)(H,88,109)(H,89,113)(H,90,102)(H,91,114)(H,92,111)(H,103,104)(H,94,95,96,97)/t46-,47+,48+,58-,59-,60-,61-,65-,66-,78-/m0/s1. The zero-order chi connectivity index (χ0) is 84.3. The molecule has 7 rings (SSSR count). The third-order valence-corrected chi connectivity index (χ3v) is 18.9. The van der Waals surface area contributed by atoms with Crippen molar-refractivity contribution in [3.8, 4) is 16.9 Å². The number of benzene rings is 4. The quantitative estimate of drug-likeness (QED) is 0.0179. The number of hydrogen-bond donors (Lipinski definition) is 16. The predicted octanol–water partition coefficient (Wildman–Crippen LogP) is 0.229. The average Bonchev–Trinajstić information content (AvgIpc) is 1.15. The van der Waals surface area contributed by atoms with Crippen molar-refractivity contribution in [2.24, 2.45) is 11.1 Å². The van der Waals surface area contributed by atoms with Gasteiger partial charge in [0.15, 0.2) is 5.82 Å². The number of rotatable bonds is 45. The number of carbonyl (C=O) groups excluding carboxylic acids is 11. The number of nitrogens with two attached hydrogens (primary N) is 1. The molecule has 10 atom stereocenters. The number of unbranched alkanes of at least 4 members (excludes halogenated alkanes) is 1. The van der Waals surface area contributed by atoms with E-state index >= 15 is 4.39 Å². The molecule has 0 aliphatic rings. The topological polar surface area (TPSA) is 535 Å². The number of amides is 11. The van der Waals surface area contributed by atoms with Gasteiger partial charge in [0.1, 0.15) is 64.8 Å². The van der Waals surface area contributed by atoms with Crippen molar-refractivity contribution in [2.45, 2.75) is 206 Å². The molecule has 11 amide bonds. The molecule has 7 aromatic rings. The lowest BCUT2D eigenvalue weighted by molar-refractivity contribution is -0.143. The van der Waals surface area contributed by atoms with Gasteiger partial charge in [0.05, 0.1) is 43.8 Å². The molecule has 618 valence electrons. The van der Waals surface area contributed by atoms with Crippen LogP contribution in [0, 0.1) is 32.0 Å². The fourth-order valence-corrected chi connectivity index (χ4v) is 12.4. The molecule has 3 heterocycles. The third-order valence-electron chi connectivity index (χ3n) is 18.9. The molecule has 0 saturated carbocycles. The maximum atomic E-state index is 15.5. The van der Waals surface area contributed by atoms with Crippen molar-refractivity contribution in [1.29, 1.82) is 0 Å². The van der Waals surface area contributed by atoms with Crippen LogP contribution in [-0.4, -0.2) is 212 Å². The largest absolute Gasteiger partial charge is 0.494 e. The number of carboxylic acid groups (broad SMARTS) is 1. The molecule has 0 radical (unpaired) electrons. The molecule has 4 aromatic carbocycles. The number of aliphatic carboxylic acids is 1. The minimum Gasteiger partial charge on any atom is -0.494 e. The molecule has 37 heteroatoms. The maximum Gasteiger partial charge on any atom is 0.305 e. The zero-order valence-electron chi connectivity index (χ0n) is 65.9. The molecule has 3 aromatic heterocycles. The highest BCUT2D eigenvalue weighted by molar-refractivity contribution is 6.06. The number of aryl methyl sites for hydroxylation is 6. The van der Waals surface area contributed by atoms with Crippen molar-refractivity contribution >= 4 is 70.9 Å². The highest BCUT2D eigenvalue weighted by Gasteiger charge is 2.43. The van der Waals surface area contributed by atoms with E-state index in [4.69, 9.17) is 10.5 Å². The van der Waals surface area contributed by atoms with Gasteiger partial charge in [-0.05, 0) is 152 Å². The molecular formula is C78H103FN20O16. The lowest BCUT2D eigenvalue weighted by atomic mass is 9.90. The van der Waals surface area contributed by atoms with Gasteiger partial charge in [-0.3, -0.25) is 62.2 Å². The van der Waals surface area contributed by atoms with Crippen LogP contribution in [0.25, 0.3) is 11.1 Å². The van der Waals surface area contributed by atoms with Crippen molar-refractivity contribution in [3.05, 3.63) is 160 Å². The van der Waals surface area contributed by atoms with E-state index in [0.29, 0.717) is 50.1 Å². The number of aliphatic hydroxyl groups is 2. The van der Waals surface area contributed by atoms with E-state index in [1.807, 2.05) is 82.4 Å². The number of nitrogens with zero attached hydrogens (tertiary/aromatic N) is 7. The number of H-pyrrole nitrogens is 2. The molecule has 0 aliphatic heterocycles. The first-order valence-electron chi connectivity index (χ1n) is 37.6. The van der Waals surface area contributed by atoms with E-state index in [0.717, 1.165) is 91.4 Å². The van der Waals surface area contributed by atoms with Gasteiger partial charge in [0, 0.05) is 56.9 Å². The number of halogens is 1. The summed E-state index contributed by atoms with van der Waals surface area (Å²) in [6.07, 6.45) is 2.58. The van der Waals surface area contributed by atoms with Gasteiger partial charge >= 0.3 is 5.97 Å². The SMILES string of the molecule is CCc1cc(OCCCCn2cc(C)nn2)ccc1-c1ccc(C[C@H](NC(=O)[C@H](CC(=O)O)NC(=O)[C@H](C)NC(=O)[C@@H](NC(=O)[C@](C)(Cc2ccccc2F)NC(=O)[C@@H](NC(=O)CNC(=O)[C@H](Cc2nn[nH]n2)NC(=O)C(C)(C)C(=O)NCCc2cnc[nH]2)[C@@H](C)O)[C@@H](C)O)C(=O)N[C@@H](CCCc2cc(C)cc(C)c2)C(N)=O)cc1. The summed E-state index contributed by atoms with van der Waals surface area (Å²) < 4.78 is 23.4. The van der Waals surface area contributed by atoms with Gasteiger partial charge in [-0.25, -0.2) is 9.37 Å². The van der Waals surface area contributed by atoms with E-state index in [1.54, 1.807) is 23.0 Å². The highest BCUT2D eigenvalue weighted by Crippen LogP contribution is 2.30. The Balaban J connectivity index is 1.03. The molecule has 0 bridgehead atoms. The Bertz CT molecular complexity index is 4500. The van der Waals surface area contributed by atoms with Crippen LogP contribution < -0.4 is 63.6 Å². The van der Waals surface area contributed by atoms with Crippen LogP contribution in [0.2, 0.25) is 0 Å². The van der Waals surface area contributed by atoms with Crippen LogP contribution in [-0.2, 0) is 103 Å². The Hall–Kier alpha value is -12.4. The Morgan fingerprint density at radius 1 is 0.652 bits per heavy atom. The second-order valence-corrected chi connectivity index (χ2v) is 29.1. The van der Waals surface area contributed by atoms with Crippen molar-refractivity contribution in [2.75, 3.05) is 19.7 Å². The number of aromatic amines is 2. The number of aliphatic hydroxyl groups excluding tert-OH is 2. The Kier molecular flexibility index (Phi) is 33.2. The predicted molar refractivity (Wildman–Crippen MR) is 414 cm³/mol. The molecule has 0 unspecified atom stereocenters. The first-order chi connectivity index (χ1) is 54.5. The molecule has 115 heavy (non-hydrogen) atoms. The van der Waals surface area contributed by atoms with Crippen molar-refractivity contribution < 1.29 is 82.0 Å². The summed E-state index contributed by atoms with van der Waals surface area (Å²) in [7, 11) is 0. The zero-order valence-corrected chi connectivity index (χ0v) is 65.9. The molecule has 0 aliphatic carbocycles. The lowest BCUT2D eigenvalue weighted by Crippen LogP contribution is -2.66. The smallest absolute Gasteiger partial charge is 0.305 e. The lowest BCUT2D eigenvalue weighted by Gasteiger charge is -2.34. The molecule has 17 N–H and O–H groups in total. The number of carbonyl (C=O) groups is 12. The molecule has 0 fully saturated rings. The molecular weight excluding hydrogens is 1490 g/mol. The van der Waals surface area contributed by atoms with Gasteiger partial charge in [0.2, 0.25) is 65.0 Å². The van der Waals surface area contributed by atoms with Crippen LogP contribution >= 0.6 is 0 Å². The van der Waals surface area contributed by atoms with Crippen LogP contribution in [0.3, 0.4) is 0 Å². The number of hydrogen-bond acceptors (Lipinski definition) is 21. The third kappa shape index (κ3) is 27.4. The highest BCUT2D eigenvalue weighted by atomic mass is 19.1. The second kappa shape index (κ2) is 42.5. The number of primary amides is 1. The molecule has 0 saturated heterocycles. The number of carboxylic acids is 1. The summed E-state index contributed by atoms with van der Waals surface area (Å²) in [6.45, 7) is 15.2. The number of imidazole rings is 1. The Morgan fingerprint density at radius 3 is 1.95 bits per heavy atom. The van der Waals surface area contributed by atoms with Crippen LogP contribution in [0.5, 0.6) is 5.75 Å². The number of aromatic nitrogens is 9. The van der Waals surface area contributed by atoms with Crippen LogP contribution in [0.4, 0.5) is 4.39 Å². The van der Waals surface area contributed by atoms with Gasteiger partial charge < -0.3 is 83.9 Å². The van der Waals surface area contributed by atoms with E-state index in [-0.39, 0.29) is 30.8 Å². The van der Waals surface area contributed by atoms with Gasteiger partial charge in [-0.15, -0.1) is 15.3 Å². The first kappa shape index (κ1) is 89.8. The van der Waals surface area contributed by atoms with E-state index in [9.17, 15) is 72.9 Å². The monoisotopic (exact) mass is 1590 g/mol. The Morgan fingerprint density at radius 2 is 1.32 bits per heavy atom. The van der Waals surface area contributed by atoms with Gasteiger partial charge in [-0.2, -0.15) is 5.21 Å². The fraction of sp³-hybridized carbons (Fsp3) is 0.462.